The third-order valence-corrected chi connectivity index (χ3v) is 9.25. The number of rotatable bonds is 3. The monoisotopic (exact) mass is 602 g/mol. The van der Waals surface area contributed by atoms with E-state index in [2.05, 4.69) is 42.5 Å². The molecule has 0 N–H and O–H groups in total. The molecule has 1 nitrogen and oxygen atoms in total. The first-order valence-electron chi connectivity index (χ1n) is 18.7. The van der Waals surface area contributed by atoms with E-state index >= 15 is 0 Å². The van der Waals surface area contributed by atoms with Gasteiger partial charge in [-0.05, 0) is 113 Å². The van der Waals surface area contributed by atoms with E-state index < -0.39 is 0 Å². The Bertz CT molecular complexity index is 3130. The van der Waals surface area contributed by atoms with Crippen LogP contribution in [0.3, 0.4) is 0 Å². The Morgan fingerprint density at radius 2 is 0.872 bits per heavy atom. The Hall–Kier alpha value is -6.18. The molecule has 0 radical (unpaired) electrons. The number of benzene rings is 9. The Morgan fingerprint density at radius 1 is 0.340 bits per heavy atom. The molecular formula is C46H28O. The van der Waals surface area contributed by atoms with Gasteiger partial charge in [-0.1, -0.05) is 133 Å². The van der Waals surface area contributed by atoms with Crippen molar-refractivity contribution in [2.75, 3.05) is 0 Å². The molecule has 47 heavy (non-hydrogen) atoms. The van der Waals surface area contributed by atoms with Crippen molar-refractivity contribution in [3.63, 3.8) is 0 Å². The first kappa shape index (κ1) is 20.8. The van der Waals surface area contributed by atoms with Gasteiger partial charge in [-0.15, -0.1) is 0 Å². The summed E-state index contributed by atoms with van der Waals surface area (Å²) in [4.78, 5) is 0. The zero-order chi connectivity index (χ0) is 36.1. The van der Waals surface area contributed by atoms with Gasteiger partial charge in [0.15, 0.2) is 0 Å². The summed E-state index contributed by atoms with van der Waals surface area (Å²) in [6.45, 7) is 0. The molecule has 1 aromatic heterocycles. The number of furan rings is 1. The molecule has 1 heterocycles. The van der Waals surface area contributed by atoms with Crippen LogP contribution in [-0.4, -0.2) is 0 Å². The minimum atomic E-state index is -0.234. The van der Waals surface area contributed by atoms with Gasteiger partial charge in [0.05, 0.1) is 8.22 Å². The summed E-state index contributed by atoms with van der Waals surface area (Å²) >= 11 is 0. The molecule has 218 valence electrons. The Morgan fingerprint density at radius 3 is 1.55 bits per heavy atom. The van der Waals surface area contributed by atoms with E-state index in [0.29, 0.717) is 11.1 Å². The quantitative estimate of drug-likeness (QED) is 0.183. The van der Waals surface area contributed by atoms with E-state index in [4.69, 9.17) is 8.53 Å². The summed E-state index contributed by atoms with van der Waals surface area (Å²) in [6.07, 6.45) is 0. The Kier molecular flexibility index (Phi) is 4.49. The van der Waals surface area contributed by atoms with Crippen LogP contribution in [0.4, 0.5) is 0 Å². The summed E-state index contributed by atoms with van der Waals surface area (Å²) in [5, 5.41) is 7.83. The van der Waals surface area contributed by atoms with Gasteiger partial charge in [0.25, 0.3) is 0 Å². The number of hydrogen-bond donors (Lipinski definition) is 0. The van der Waals surface area contributed by atoms with Crippen molar-refractivity contribution in [1.82, 2.24) is 0 Å². The molecule has 0 spiro atoms. The van der Waals surface area contributed by atoms with Crippen molar-refractivity contribution < 1.29 is 12.6 Å². The fourth-order valence-corrected chi connectivity index (χ4v) is 7.08. The second-order valence-electron chi connectivity index (χ2n) is 12.0. The average molecular weight is 603 g/mol. The summed E-state index contributed by atoms with van der Waals surface area (Å²) in [5.74, 6) is 0. The van der Waals surface area contributed by atoms with Crippen molar-refractivity contribution in [3.05, 3.63) is 170 Å². The maximum atomic E-state index is 9.59. The van der Waals surface area contributed by atoms with Gasteiger partial charge in [-0.3, -0.25) is 0 Å². The van der Waals surface area contributed by atoms with Crippen LogP contribution in [0.1, 0.15) is 8.22 Å². The van der Waals surface area contributed by atoms with Crippen LogP contribution in [-0.2, 0) is 0 Å². The molecule has 0 bridgehead atoms. The predicted molar refractivity (Wildman–Crippen MR) is 200 cm³/mol. The van der Waals surface area contributed by atoms with Gasteiger partial charge >= 0.3 is 0 Å². The van der Waals surface area contributed by atoms with Crippen LogP contribution in [0, 0.1) is 0 Å². The highest BCUT2D eigenvalue weighted by Gasteiger charge is 2.18. The topological polar surface area (TPSA) is 13.1 Å². The summed E-state index contributed by atoms with van der Waals surface area (Å²) in [6, 6.07) is 42.6. The molecule has 0 atom stereocenters. The molecule has 9 aromatic carbocycles. The fourth-order valence-electron chi connectivity index (χ4n) is 7.08. The first-order chi connectivity index (χ1) is 25.8. The fraction of sp³-hybridized carbons (Fsp3) is 0. The summed E-state index contributed by atoms with van der Waals surface area (Å²) in [5.41, 5.74) is 5.16. The maximum absolute atomic E-state index is 9.59. The van der Waals surface area contributed by atoms with Crippen LogP contribution in [0.5, 0.6) is 0 Å². The normalized spacial score (nSPS) is 13.6. The molecular weight excluding hydrogens is 569 g/mol. The minimum absolute atomic E-state index is 0.0379. The predicted octanol–water partition coefficient (Wildman–Crippen LogP) is 13.2. The molecule has 0 amide bonds. The van der Waals surface area contributed by atoms with Crippen molar-refractivity contribution in [3.8, 4) is 33.4 Å². The van der Waals surface area contributed by atoms with Crippen LogP contribution in [0.25, 0.3) is 98.4 Å². The highest BCUT2D eigenvalue weighted by atomic mass is 16.3. The van der Waals surface area contributed by atoms with E-state index in [9.17, 15) is 4.11 Å². The van der Waals surface area contributed by atoms with E-state index in [1.807, 2.05) is 66.7 Å². The highest BCUT2D eigenvalue weighted by molar-refractivity contribution is 6.22. The third-order valence-electron chi connectivity index (χ3n) is 9.25. The van der Waals surface area contributed by atoms with Crippen LogP contribution < -0.4 is 0 Å². The van der Waals surface area contributed by atoms with Crippen LogP contribution >= 0.6 is 0 Å². The van der Waals surface area contributed by atoms with E-state index in [1.165, 1.54) is 0 Å². The summed E-state index contributed by atoms with van der Waals surface area (Å²) < 4.78 is 61.9. The number of fused-ring (bicyclic) bond motifs is 7. The number of hydrogen-bond acceptors (Lipinski definition) is 1. The lowest BCUT2D eigenvalue weighted by atomic mass is 9.85. The van der Waals surface area contributed by atoms with Crippen molar-refractivity contribution in [2.24, 2.45) is 0 Å². The van der Waals surface area contributed by atoms with E-state index in [-0.39, 0.29) is 58.2 Å². The second kappa shape index (κ2) is 10.2. The van der Waals surface area contributed by atoms with Gasteiger partial charge < -0.3 is 4.42 Å². The minimum Gasteiger partial charge on any atom is -0.456 e. The molecule has 0 saturated heterocycles. The molecule has 0 fully saturated rings. The molecule has 0 aliphatic rings. The largest absolute Gasteiger partial charge is 0.456 e. The molecule has 0 saturated carbocycles. The smallest absolute Gasteiger partial charge is 0.136 e. The first-order valence-corrected chi connectivity index (χ1v) is 15.7. The average Bonchev–Trinajstić information content (AvgIpc) is 3.54. The van der Waals surface area contributed by atoms with Gasteiger partial charge in [0, 0.05) is 10.8 Å². The van der Waals surface area contributed by atoms with Crippen molar-refractivity contribution in [1.29, 1.82) is 0 Å². The molecule has 0 aliphatic heterocycles. The lowest BCUT2D eigenvalue weighted by Crippen LogP contribution is -1.91. The van der Waals surface area contributed by atoms with Gasteiger partial charge in [-0.2, -0.15) is 0 Å². The van der Waals surface area contributed by atoms with Gasteiger partial charge in [0.2, 0.25) is 0 Å². The van der Waals surface area contributed by atoms with E-state index in [1.54, 1.807) is 24.3 Å². The summed E-state index contributed by atoms with van der Waals surface area (Å²) in [7, 11) is 0. The molecule has 10 aromatic rings. The second-order valence-corrected chi connectivity index (χ2v) is 12.0. The highest BCUT2D eigenvalue weighted by Crippen LogP contribution is 2.45. The molecule has 10 rings (SSSR count). The maximum Gasteiger partial charge on any atom is 0.136 e. The Labute approximate surface area is 280 Å². The zero-order valence-corrected chi connectivity index (χ0v) is 25.1. The van der Waals surface area contributed by atoms with Crippen LogP contribution in [0.2, 0.25) is 0 Å². The van der Waals surface area contributed by atoms with Crippen molar-refractivity contribution in [2.45, 2.75) is 0 Å². The van der Waals surface area contributed by atoms with Crippen molar-refractivity contribution >= 4 is 65.0 Å². The molecule has 0 aliphatic carbocycles. The third kappa shape index (κ3) is 4.10. The van der Waals surface area contributed by atoms with Gasteiger partial charge in [-0.25, -0.2) is 0 Å². The molecule has 1 heteroatoms. The van der Waals surface area contributed by atoms with E-state index in [0.717, 1.165) is 65.4 Å². The standard InChI is InChI=1S/C46H28O/c1-2-10-29(11-3-1)32-18-19-34-25-35(21-20-33(34)24-32)45-38-14-6-8-16-40(38)46(41-17-9-7-15-39(41)45)36-22-23-37-42-26-30-12-4-5-13-31(30)27-44(42)47-43(37)28-36/h1-28H/i18D,19D,20D,21D,24D,25D. The Balaban J connectivity index is 1.27. The SMILES string of the molecule is [2H]c1c(-c2c3ccccc3c(-c3ccc4c(c3)oc3cc5ccccc5cc34)c3ccccc23)c([2H])c2c([2H])c([2H])c(-c3ccccc3)c([2H])c2c1[2H]. The molecule has 0 unspecified atom stereocenters. The van der Waals surface area contributed by atoms with Gasteiger partial charge in [0.1, 0.15) is 11.2 Å². The van der Waals surface area contributed by atoms with Crippen LogP contribution in [0.15, 0.2) is 174 Å². The lowest BCUT2D eigenvalue weighted by Gasteiger charge is -2.18. The lowest BCUT2D eigenvalue weighted by molar-refractivity contribution is 0.669. The zero-order valence-electron chi connectivity index (χ0n) is 31.1.